The van der Waals surface area contributed by atoms with Gasteiger partial charge in [-0.05, 0) is 18.4 Å². The van der Waals surface area contributed by atoms with E-state index in [9.17, 15) is 9.59 Å². The Morgan fingerprint density at radius 3 is 2.89 bits per heavy atom. The summed E-state index contributed by atoms with van der Waals surface area (Å²) in [5.74, 6) is -0.158. The van der Waals surface area contributed by atoms with Gasteiger partial charge in [-0.1, -0.05) is 42.5 Å². The third kappa shape index (κ3) is 3.95. The van der Waals surface area contributed by atoms with Crippen LogP contribution in [0.15, 0.2) is 42.5 Å². The Morgan fingerprint density at radius 2 is 2.16 bits per heavy atom. The van der Waals surface area contributed by atoms with Crippen molar-refractivity contribution < 1.29 is 14.3 Å². The van der Waals surface area contributed by atoms with Crippen molar-refractivity contribution >= 4 is 12.4 Å². The Balaban J connectivity index is 1.82. The molecule has 100 valence electrons. The predicted molar refractivity (Wildman–Crippen MR) is 71.5 cm³/mol. The van der Waals surface area contributed by atoms with Crippen molar-refractivity contribution in [2.24, 2.45) is 5.92 Å². The molecule has 2 rings (SSSR count). The molecule has 0 spiro atoms. The van der Waals surface area contributed by atoms with Gasteiger partial charge in [-0.2, -0.15) is 0 Å². The first-order chi connectivity index (χ1) is 9.29. The molecule has 1 aromatic rings. The van der Waals surface area contributed by atoms with Gasteiger partial charge in [-0.15, -0.1) is 0 Å². The number of hydrogen-bond donors (Lipinski definition) is 1. The molecule has 1 N–H and O–H groups in total. The van der Waals surface area contributed by atoms with E-state index in [-0.39, 0.29) is 18.6 Å². The molecule has 1 aliphatic carbocycles. The first-order valence-corrected chi connectivity index (χ1v) is 6.39. The van der Waals surface area contributed by atoms with Gasteiger partial charge in [0.25, 0.3) is 0 Å². The zero-order chi connectivity index (χ0) is 13.5. The van der Waals surface area contributed by atoms with Gasteiger partial charge in [-0.25, -0.2) is 4.79 Å². The van der Waals surface area contributed by atoms with Crippen molar-refractivity contribution in [3.8, 4) is 0 Å². The van der Waals surface area contributed by atoms with E-state index in [2.05, 4.69) is 5.32 Å². The van der Waals surface area contributed by atoms with Crippen LogP contribution in [0.25, 0.3) is 0 Å². The average molecular weight is 259 g/mol. The monoisotopic (exact) mass is 259 g/mol. The molecular formula is C15H17NO3. The van der Waals surface area contributed by atoms with Gasteiger partial charge in [0.2, 0.25) is 0 Å². The first-order valence-electron chi connectivity index (χ1n) is 6.39. The van der Waals surface area contributed by atoms with Crippen LogP contribution in [0, 0.1) is 5.92 Å². The standard InChI is InChI=1S/C15H17NO3/c17-10-13-8-4-5-9-14(13)16-15(18)19-11-12-6-2-1-3-7-12/h1-3,5-7,9-10,13-14H,4,8,11H2,(H,16,18)/t13-,14-/m1/s1. The molecule has 0 aromatic heterocycles. The molecule has 0 aliphatic heterocycles. The number of amides is 1. The Bertz CT molecular complexity index is 456. The summed E-state index contributed by atoms with van der Waals surface area (Å²) in [6, 6.07) is 9.22. The number of ether oxygens (including phenoxy) is 1. The highest BCUT2D eigenvalue weighted by molar-refractivity contribution is 5.69. The molecule has 1 aliphatic rings. The van der Waals surface area contributed by atoms with Crippen molar-refractivity contribution in [3.63, 3.8) is 0 Å². The predicted octanol–water partition coefficient (Wildman–Crippen LogP) is 2.45. The highest BCUT2D eigenvalue weighted by Gasteiger charge is 2.23. The zero-order valence-corrected chi connectivity index (χ0v) is 10.6. The molecule has 0 fully saturated rings. The molecule has 19 heavy (non-hydrogen) atoms. The molecule has 0 heterocycles. The van der Waals surface area contributed by atoms with Crippen LogP contribution in [0.4, 0.5) is 4.79 Å². The van der Waals surface area contributed by atoms with E-state index in [1.165, 1.54) is 0 Å². The average Bonchev–Trinajstić information content (AvgIpc) is 2.47. The maximum absolute atomic E-state index is 11.7. The van der Waals surface area contributed by atoms with Crippen LogP contribution in [0.2, 0.25) is 0 Å². The quantitative estimate of drug-likeness (QED) is 0.667. The van der Waals surface area contributed by atoms with Crippen LogP contribution < -0.4 is 5.32 Å². The van der Waals surface area contributed by atoms with Gasteiger partial charge in [-0.3, -0.25) is 0 Å². The summed E-state index contributed by atoms with van der Waals surface area (Å²) in [6.45, 7) is 0.231. The third-order valence-corrected chi connectivity index (χ3v) is 3.14. The molecule has 0 unspecified atom stereocenters. The summed E-state index contributed by atoms with van der Waals surface area (Å²) in [6.07, 6.45) is 5.87. The summed E-state index contributed by atoms with van der Waals surface area (Å²) >= 11 is 0. The van der Waals surface area contributed by atoms with Crippen molar-refractivity contribution in [1.29, 1.82) is 0 Å². The lowest BCUT2D eigenvalue weighted by Gasteiger charge is -2.23. The van der Waals surface area contributed by atoms with Crippen molar-refractivity contribution in [3.05, 3.63) is 48.0 Å². The maximum atomic E-state index is 11.7. The van der Waals surface area contributed by atoms with Crippen molar-refractivity contribution in [2.45, 2.75) is 25.5 Å². The summed E-state index contributed by atoms with van der Waals surface area (Å²) < 4.78 is 5.12. The topological polar surface area (TPSA) is 55.4 Å². The number of alkyl carbamates (subject to hydrolysis) is 1. The first kappa shape index (κ1) is 13.3. The molecule has 1 amide bonds. The summed E-state index contributed by atoms with van der Waals surface area (Å²) in [5, 5.41) is 2.71. The van der Waals surface area contributed by atoms with E-state index in [4.69, 9.17) is 4.74 Å². The van der Waals surface area contributed by atoms with Crippen LogP contribution >= 0.6 is 0 Å². The van der Waals surface area contributed by atoms with Gasteiger partial charge >= 0.3 is 6.09 Å². The van der Waals surface area contributed by atoms with Gasteiger partial charge in [0.05, 0.1) is 6.04 Å². The largest absolute Gasteiger partial charge is 0.445 e. The zero-order valence-electron chi connectivity index (χ0n) is 10.6. The smallest absolute Gasteiger partial charge is 0.407 e. The molecule has 4 nitrogen and oxygen atoms in total. The number of nitrogens with one attached hydrogen (secondary N) is 1. The SMILES string of the molecule is O=C[C@H]1CCC=C[C@H]1NC(=O)OCc1ccccc1. The van der Waals surface area contributed by atoms with Crippen LogP contribution in [-0.4, -0.2) is 18.4 Å². The molecule has 0 saturated carbocycles. The minimum atomic E-state index is -0.493. The van der Waals surface area contributed by atoms with E-state index in [1.54, 1.807) is 0 Å². The van der Waals surface area contributed by atoms with Crippen LogP contribution in [0.5, 0.6) is 0 Å². The highest BCUT2D eigenvalue weighted by Crippen LogP contribution is 2.16. The summed E-state index contributed by atoms with van der Waals surface area (Å²) in [5.41, 5.74) is 0.934. The Labute approximate surface area is 112 Å². The summed E-state index contributed by atoms with van der Waals surface area (Å²) in [7, 11) is 0. The second-order valence-corrected chi connectivity index (χ2v) is 4.54. The van der Waals surface area contributed by atoms with Crippen LogP contribution in [0.1, 0.15) is 18.4 Å². The van der Waals surface area contributed by atoms with Gasteiger partial charge in [0.1, 0.15) is 12.9 Å². The lowest BCUT2D eigenvalue weighted by Crippen LogP contribution is -2.41. The number of carbonyl (C=O) groups excluding carboxylic acids is 2. The van der Waals surface area contributed by atoms with Crippen molar-refractivity contribution in [1.82, 2.24) is 5.32 Å². The lowest BCUT2D eigenvalue weighted by atomic mass is 9.91. The van der Waals surface area contributed by atoms with E-state index in [0.717, 1.165) is 24.7 Å². The maximum Gasteiger partial charge on any atom is 0.407 e. The lowest BCUT2D eigenvalue weighted by molar-refractivity contribution is -0.111. The number of rotatable bonds is 4. The van der Waals surface area contributed by atoms with E-state index in [1.807, 2.05) is 42.5 Å². The number of allylic oxidation sites excluding steroid dienone is 1. The second kappa shape index (κ2) is 6.73. The van der Waals surface area contributed by atoms with E-state index >= 15 is 0 Å². The molecule has 4 heteroatoms. The fourth-order valence-electron chi connectivity index (χ4n) is 2.06. The van der Waals surface area contributed by atoms with Crippen molar-refractivity contribution in [2.75, 3.05) is 0 Å². The van der Waals surface area contributed by atoms with Crippen LogP contribution in [-0.2, 0) is 16.1 Å². The van der Waals surface area contributed by atoms with Gasteiger partial charge in [0, 0.05) is 5.92 Å². The fraction of sp³-hybridized carbons (Fsp3) is 0.333. The minimum absolute atomic E-state index is 0.158. The highest BCUT2D eigenvalue weighted by atomic mass is 16.5. The molecule has 0 saturated heterocycles. The number of hydrogen-bond acceptors (Lipinski definition) is 3. The Hall–Kier alpha value is -2.10. The van der Waals surface area contributed by atoms with Gasteiger partial charge < -0.3 is 14.8 Å². The normalized spacial score (nSPS) is 21.7. The van der Waals surface area contributed by atoms with Crippen LogP contribution in [0.3, 0.4) is 0 Å². The third-order valence-electron chi connectivity index (χ3n) is 3.14. The summed E-state index contributed by atoms with van der Waals surface area (Å²) in [4.78, 5) is 22.6. The molecule has 0 bridgehead atoms. The molecule has 0 radical (unpaired) electrons. The second-order valence-electron chi connectivity index (χ2n) is 4.54. The minimum Gasteiger partial charge on any atom is -0.445 e. The number of aldehydes is 1. The van der Waals surface area contributed by atoms with E-state index < -0.39 is 6.09 Å². The molecule has 2 atom stereocenters. The van der Waals surface area contributed by atoms with Gasteiger partial charge in [0.15, 0.2) is 0 Å². The number of benzene rings is 1. The molecular weight excluding hydrogens is 242 g/mol. The molecule has 1 aromatic carbocycles. The Kier molecular flexibility index (Phi) is 4.72. The Morgan fingerprint density at radius 1 is 1.37 bits per heavy atom. The number of carbonyl (C=O) groups is 2. The fourth-order valence-corrected chi connectivity index (χ4v) is 2.06. The van der Waals surface area contributed by atoms with E-state index in [0.29, 0.717) is 0 Å².